The molecule has 1 amide bonds. The fourth-order valence-corrected chi connectivity index (χ4v) is 2.69. The van der Waals surface area contributed by atoms with E-state index in [0.717, 1.165) is 19.4 Å². The molecule has 1 atom stereocenters. The van der Waals surface area contributed by atoms with Crippen LogP contribution in [0, 0.1) is 0 Å². The lowest BCUT2D eigenvalue weighted by molar-refractivity contribution is -0.139. The van der Waals surface area contributed by atoms with Gasteiger partial charge in [0.05, 0.1) is 0 Å². The van der Waals surface area contributed by atoms with Gasteiger partial charge in [0, 0.05) is 6.54 Å². The molecule has 0 aromatic heterocycles. The summed E-state index contributed by atoms with van der Waals surface area (Å²) in [6.07, 6.45) is 1.91. The van der Waals surface area contributed by atoms with Gasteiger partial charge in [-0.1, -0.05) is 60.7 Å². The predicted molar refractivity (Wildman–Crippen MR) is 91.8 cm³/mol. The summed E-state index contributed by atoms with van der Waals surface area (Å²) in [5.74, 6) is -0.724. The first-order chi connectivity index (χ1) is 11.0. The third-order valence-corrected chi connectivity index (χ3v) is 4.01. The first kappa shape index (κ1) is 17.2. The van der Waals surface area contributed by atoms with Crippen molar-refractivity contribution >= 4 is 5.91 Å². The molecular weight excluding hydrogens is 288 g/mol. The highest BCUT2D eigenvalue weighted by Crippen LogP contribution is 2.22. The molecule has 23 heavy (non-hydrogen) atoms. The minimum absolute atomic E-state index is 0.182. The average molecular weight is 312 g/mol. The molecule has 0 bridgehead atoms. The molecule has 0 aliphatic carbocycles. The number of rotatable bonds is 8. The van der Waals surface area contributed by atoms with E-state index in [2.05, 4.69) is 12.1 Å². The van der Waals surface area contributed by atoms with Crippen LogP contribution in [0.3, 0.4) is 0 Å². The van der Waals surface area contributed by atoms with Gasteiger partial charge in [0.1, 0.15) is 0 Å². The van der Waals surface area contributed by atoms with Gasteiger partial charge in [-0.05, 0) is 37.6 Å². The number of amides is 1. The van der Waals surface area contributed by atoms with Gasteiger partial charge in [-0.25, -0.2) is 0 Å². The Balaban J connectivity index is 1.93. The second-order valence-electron chi connectivity index (χ2n) is 5.92. The Morgan fingerprint density at radius 3 is 2.22 bits per heavy atom. The molecule has 0 saturated heterocycles. The maximum Gasteiger partial charge on any atom is 0.255 e. The Morgan fingerprint density at radius 2 is 1.65 bits per heavy atom. The molecule has 2 aromatic carbocycles. The Hall–Kier alpha value is -2.17. The van der Waals surface area contributed by atoms with E-state index in [9.17, 15) is 9.90 Å². The van der Waals surface area contributed by atoms with Crippen LogP contribution in [0.25, 0.3) is 0 Å². The third kappa shape index (κ3) is 4.65. The van der Waals surface area contributed by atoms with Crippen LogP contribution >= 0.6 is 0 Å². The smallest absolute Gasteiger partial charge is 0.255 e. The quantitative estimate of drug-likeness (QED) is 0.782. The molecule has 122 valence electrons. The van der Waals surface area contributed by atoms with Gasteiger partial charge in [0.15, 0.2) is 5.60 Å². The van der Waals surface area contributed by atoms with Crippen LogP contribution in [0.2, 0.25) is 0 Å². The topological polar surface area (TPSA) is 66.6 Å². The fraction of sp³-hybridized carbons (Fsp3) is 0.316. The van der Waals surface area contributed by atoms with Crippen molar-refractivity contribution in [3.05, 3.63) is 71.8 Å². The maximum absolute atomic E-state index is 11.8. The number of hydrogen-bond donors (Lipinski definition) is 2. The van der Waals surface area contributed by atoms with Gasteiger partial charge >= 0.3 is 0 Å². The molecule has 0 heterocycles. The largest absolute Gasteiger partial charge is 0.374 e. The van der Waals surface area contributed by atoms with Crippen molar-refractivity contribution in [2.24, 2.45) is 5.73 Å². The molecule has 0 aliphatic rings. The maximum atomic E-state index is 11.8. The number of hydrogen-bond acceptors (Lipinski definition) is 3. The second kappa shape index (κ2) is 7.90. The Bertz CT molecular complexity index is 616. The number of aliphatic hydroxyl groups is 1. The van der Waals surface area contributed by atoms with Crippen LogP contribution in [0.15, 0.2) is 60.7 Å². The molecule has 4 nitrogen and oxygen atoms in total. The van der Waals surface area contributed by atoms with Crippen LogP contribution < -0.4 is 5.73 Å². The van der Waals surface area contributed by atoms with Gasteiger partial charge in [-0.15, -0.1) is 0 Å². The lowest BCUT2D eigenvalue weighted by Gasteiger charge is -2.30. The molecule has 0 saturated carbocycles. The van der Waals surface area contributed by atoms with Crippen LogP contribution in [0.1, 0.15) is 17.5 Å². The van der Waals surface area contributed by atoms with E-state index in [0.29, 0.717) is 5.56 Å². The highest BCUT2D eigenvalue weighted by molar-refractivity contribution is 5.85. The van der Waals surface area contributed by atoms with Crippen LogP contribution in [0.5, 0.6) is 0 Å². The van der Waals surface area contributed by atoms with E-state index in [1.165, 1.54) is 5.56 Å². The number of primary amides is 1. The van der Waals surface area contributed by atoms with Gasteiger partial charge in [0.25, 0.3) is 5.91 Å². The monoisotopic (exact) mass is 312 g/mol. The van der Waals surface area contributed by atoms with Crippen molar-refractivity contribution in [3.63, 3.8) is 0 Å². The van der Waals surface area contributed by atoms with Gasteiger partial charge < -0.3 is 15.7 Å². The first-order valence-electron chi connectivity index (χ1n) is 7.82. The van der Waals surface area contributed by atoms with Crippen molar-refractivity contribution in [1.82, 2.24) is 4.90 Å². The molecule has 3 N–H and O–H groups in total. The van der Waals surface area contributed by atoms with E-state index in [1.807, 2.05) is 36.2 Å². The van der Waals surface area contributed by atoms with Gasteiger partial charge in [-0.3, -0.25) is 4.79 Å². The van der Waals surface area contributed by atoms with Crippen molar-refractivity contribution < 1.29 is 9.90 Å². The fourth-order valence-electron chi connectivity index (χ4n) is 2.69. The minimum Gasteiger partial charge on any atom is -0.374 e. The van der Waals surface area contributed by atoms with E-state index >= 15 is 0 Å². The number of nitrogens with zero attached hydrogens (tertiary/aromatic N) is 1. The SMILES string of the molecule is CN(CCCc1ccccc1)CC(O)(C(N)=O)c1ccccc1. The number of carbonyl (C=O) groups is 1. The first-order valence-corrected chi connectivity index (χ1v) is 7.82. The second-order valence-corrected chi connectivity index (χ2v) is 5.92. The van der Waals surface area contributed by atoms with Crippen molar-refractivity contribution in [1.29, 1.82) is 0 Å². The Morgan fingerprint density at radius 1 is 1.09 bits per heavy atom. The van der Waals surface area contributed by atoms with Crippen LogP contribution in [0.4, 0.5) is 0 Å². The molecule has 1 unspecified atom stereocenters. The third-order valence-electron chi connectivity index (χ3n) is 4.01. The molecule has 0 spiro atoms. The lowest BCUT2D eigenvalue weighted by atomic mass is 9.92. The zero-order valence-corrected chi connectivity index (χ0v) is 13.5. The summed E-state index contributed by atoms with van der Waals surface area (Å²) in [5, 5.41) is 10.7. The van der Waals surface area contributed by atoms with E-state index < -0.39 is 11.5 Å². The Kier molecular flexibility index (Phi) is 5.90. The molecule has 0 fully saturated rings. The van der Waals surface area contributed by atoms with Crippen molar-refractivity contribution in [2.75, 3.05) is 20.1 Å². The normalized spacial score (nSPS) is 13.7. The van der Waals surface area contributed by atoms with E-state index in [1.54, 1.807) is 24.3 Å². The summed E-state index contributed by atoms with van der Waals surface area (Å²) < 4.78 is 0. The molecule has 0 radical (unpaired) electrons. The van der Waals surface area contributed by atoms with Gasteiger partial charge in [0.2, 0.25) is 0 Å². The zero-order chi connectivity index (χ0) is 16.7. The lowest BCUT2D eigenvalue weighted by Crippen LogP contribution is -2.49. The number of nitrogens with two attached hydrogens (primary N) is 1. The molecular formula is C19H24N2O2. The highest BCUT2D eigenvalue weighted by Gasteiger charge is 2.36. The summed E-state index contributed by atoms with van der Waals surface area (Å²) in [7, 11) is 1.89. The number of carbonyl (C=O) groups excluding carboxylic acids is 1. The van der Waals surface area contributed by atoms with Crippen molar-refractivity contribution in [2.45, 2.75) is 18.4 Å². The summed E-state index contributed by atoms with van der Waals surface area (Å²) in [4.78, 5) is 13.7. The zero-order valence-electron chi connectivity index (χ0n) is 13.5. The highest BCUT2D eigenvalue weighted by atomic mass is 16.3. The molecule has 4 heteroatoms. The van der Waals surface area contributed by atoms with Crippen LogP contribution in [-0.4, -0.2) is 36.1 Å². The van der Waals surface area contributed by atoms with Crippen LogP contribution in [-0.2, 0) is 16.8 Å². The van der Waals surface area contributed by atoms with Gasteiger partial charge in [-0.2, -0.15) is 0 Å². The Labute approximate surface area is 137 Å². The number of likely N-dealkylation sites (N-methyl/N-ethyl adjacent to an activating group) is 1. The summed E-state index contributed by atoms with van der Waals surface area (Å²) in [6, 6.07) is 19.1. The van der Waals surface area contributed by atoms with Crippen molar-refractivity contribution in [3.8, 4) is 0 Å². The average Bonchev–Trinajstić information content (AvgIpc) is 2.56. The molecule has 0 aliphatic heterocycles. The predicted octanol–water partition coefficient (Wildman–Crippen LogP) is 1.92. The summed E-state index contributed by atoms with van der Waals surface area (Å²) >= 11 is 0. The van der Waals surface area contributed by atoms with E-state index in [4.69, 9.17) is 5.73 Å². The standard InChI is InChI=1S/C19H24N2O2/c1-21(14-8-11-16-9-4-2-5-10-16)15-19(23,18(20)22)17-12-6-3-7-13-17/h2-7,9-10,12-13,23H,8,11,14-15H2,1H3,(H2,20,22). The number of aryl methyl sites for hydroxylation is 1. The van der Waals surface area contributed by atoms with E-state index in [-0.39, 0.29) is 6.54 Å². The summed E-state index contributed by atoms with van der Waals surface area (Å²) in [6.45, 7) is 0.957. The summed E-state index contributed by atoms with van der Waals surface area (Å²) in [5.41, 5.74) is 5.61. The number of benzene rings is 2. The molecule has 2 aromatic rings. The minimum atomic E-state index is -1.66. The molecule has 2 rings (SSSR count).